The van der Waals surface area contributed by atoms with E-state index in [1.807, 2.05) is 12.1 Å². The summed E-state index contributed by atoms with van der Waals surface area (Å²) in [4.78, 5) is 5.42. The number of unbranched alkanes of at least 4 members (excludes halogenated alkanes) is 4. The highest BCUT2D eigenvalue weighted by atomic mass is 16.5. The van der Waals surface area contributed by atoms with Gasteiger partial charge in [-0.3, -0.25) is 4.98 Å². The number of hydrogen-bond donors (Lipinski definition) is 0. The molecule has 0 aliphatic heterocycles. The van der Waals surface area contributed by atoms with Gasteiger partial charge in [0.1, 0.15) is 5.41 Å². The molecule has 0 spiro atoms. The molecule has 1 atom stereocenters. The number of ether oxygens (including phenoxy) is 3. The summed E-state index contributed by atoms with van der Waals surface area (Å²) in [5, 5.41) is 10.8. The molecule has 0 N–H and O–H groups in total. The highest BCUT2D eigenvalue weighted by molar-refractivity contribution is 5.75. The summed E-state index contributed by atoms with van der Waals surface area (Å²) in [5.41, 5.74) is 7.64. The third-order valence-corrected chi connectivity index (χ3v) is 8.29. The highest BCUT2D eigenvalue weighted by Crippen LogP contribution is 2.47. The van der Waals surface area contributed by atoms with Gasteiger partial charge in [0.05, 0.1) is 33.1 Å². The number of rotatable bonds is 14. The summed E-state index contributed by atoms with van der Waals surface area (Å²) in [7, 11) is 4.86. The fourth-order valence-electron chi connectivity index (χ4n) is 6.24. The lowest BCUT2D eigenvalue weighted by molar-refractivity contribution is 0.323. The predicted octanol–water partition coefficient (Wildman–Crippen LogP) is 8.19. The third-order valence-electron chi connectivity index (χ3n) is 8.29. The molecule has 1 heterocycles. The fourth-order valence-corrected chi connectivity index (χ4v) is 6.24. The number of benzene rings is 2. The molecule has 212 valence electrons. The first-order chi connectivity index (χ1) is 19.5. The molecule has 1 aromatic heterocycles. The van der Waals surface area contributed by atoms with E-state index in [9.17, 15) is 5.26 Å². The zero-order valence-corrected chi connectivity index (χ0v) is 24.9. The van der Waals surface area contributed by atoms with E-state index < -0.39 is 5.41 Å². The maximum atomic E-state index is 10.8. The molecule has 0 bridgehead atoms. The summed E-state index contributed by atoms with van der Waals surface area (Å²) < 4.78 is 16.8. The molecule has 3 aromatic rings. The van der Waals surface area contributed by atoms with Gasteiger partial charge >= 0.3 is 0 Å². The van der Waals surface area contributed by atoms with Crippen LogP contribution in [0.2, 0.25) is 0 Å². The maximum Gasteiger partial charge on any atom is 0.203 e. The Bertz CT molecular complexity index is 1300. The maximum absolute atomic E-state index is 10.8. The molecule has 40 heavy (non-hydrogen) atoms. The number of aryl methyl sites for hydroxylation is 1. The lowest BCUT2D eigenvalue weighted by Crippen LogP contribution is -2.26. The molecule has 4 rings (SSSR count). The van der Waals surface area contributed by atoms with E-state index in [1.165, 1.54) is 53.6 Å². The smallest absolute Gasteiger partial charge is 0.203 e. The zero-order valence-electron chi connectivity index (χ0n) is 24.9. The van der Waals surface area contributed by atoms with Crippen molar-refractivity contribution in [1.82, 2.24) is 4.98 Å². The molecule has 0 radical (unpaired) electrons. The van der Waals surface area contributed by atoms with Crippen LogP contribution in [-0.4, -0.2) is 26.3 Å². The van der Waals surface area contributed by atoms with Gasteiger partial charge in [0.15, 0.2) is 11.5 Å². The number of pyridine rings is 1. The van der Waals surface area contributed by atoms with E-state index in [2.05, 4.69) is 50.2 Å². The highest BCUT2D eigenvalue weighted by Gasteiger charge is 2.43. The van der Waals surface area contributed by atoms with Crippen molar-refractivity contribution < 1.29 is 14.2 Å². The molecule has 1 unspecified atom stereocenters. The summed E-state index contributed by atoms with van der Waals surface area (Å²) in [6.45, 7) is 4.50. The second-order valence-electron chi connectivity index (χ2n) is 10.9. The van der Waals surface area contributed by atoms with Crippen molar-refractivity contribution in [2.24, 2.45) is 0 Å². The van der Waals surface area contributed by atoms with Crippen molar-refractivity contribution >= 4 is 0 Å². The van der Waals surface area contributed by atoms with Gasteiger partial charge in [-0.1, -0.05) is 69.9 Å². The van der Waals surface area contributed by atoms with E-state index in [1.54, 1.807) is 21.3 Å². The number of hydrogen-bond acceptors (Lipinski definition) is 5. The van der Waals surface area contributed by atoms with Gasteiger partial charge < -0.3 is 14.2 Å². The summed E-state index contributed by atoms with van der Waals surface area (Å²) in [6, 6.07) is 17.5. The van der Waals surface area contributed by atoms with Gasteiger partial charge in [-0.2, -0.15) is 5.26 Å². The molecule has 0 saturated carbocycles. The van der Waals surface area contributed by atoms with E-state index in [0.717, 1.165) is 49.8 Å². The van der Waals surface area contributed by atoms with Crippen LogP contribution in [0.4, 0.5) is 0 Å². The van der Waals surface area contributed by atoms with Crippen molar-refractivity contribution in [2.45, 2.75) is 89.9 Å². The van der Waals surface area contributed by atoms with Crippen molar-refractivity contribution in [3.63, 3.8) is 0 Å². The van der Waals surface area contributed by atoms with Crippen LogP contribution in [0.5, 0.6) is 17.2 Å². The Morgan fingerprint density at radius 2 is 1.52 bits per heavy atom. The molecule has 2 aromatic carbocycles. The minimum atomic E-state index is -0.717. The first-order valence-corrected chi connectivity index (χ1v) is 14.9. The van der Waals surface area contributed by atoms with Gasteiger partial charge in [-0.05, 0) is 84.9 Å². The molecule has 0 amide bonds. The minimum Gasteiger partial charge on any atom is -0.493 e. The average molecular weight is 541 g/mol. The molecule has 0 saturated heterocycles. The van der Waals surface area contributed by atoms with E-state index in [-0.39, 0.29) is 0 Å². The van der Waals surface area contributed by atoms with Gasteiger partial charge in [-0.15, -0.1) is 0 Å². The number of methoxy groups -OCH3 is 3. The first kappa shape index (κ1) is 29.5. The van der Waals surface area contributed by atoms with Crippen molar-refractivity contribution in [3.05, 3.63) is 70.5 Å². The Hall–Kier alpha value is -3.52. The molecule has 5 nitrogen and oxygen atoms in total. The largest absolute Gasteiger partial charge is 0.493 e. The molecule has 5 heteroatoms. The summed E-state index contributed by atoms with van der Waals surface area (Å²) in [6.07, 6.45) is 11.2. The summed E-state index contributed by atoms with van der Waals surface area (Å²) in [5.74, 6) is 1.77. The van der Waals surface area contributed by atoms with E-state index >= 15 is 0 Å². The van der Waals surface area contributed by atoms with Crippen LogP contribution in [0.3, 0.4) is 0 Å². The quantitative estimate of drug-likeness (QED) is 0.193. The van der Waals surface area contributed by atoms with Crippen LogP contribution in [0.1, 0.15) is 86.9 Å². The van der Waals surface area contributed by atoms with Crippen molar-refractivity contribution in [3.8, 4) is 34.4 Å². The number of aromatic nitrogens is 1. The Labute approximate surface area is 240 Å². The van der Waals surface area contributed by atoms with Crippen LogP contribution >= 0.6 is 0 Å². The second-order valence-corrected chi connectivity index (χ2v) is 10.9. The first-order valence-electron chi connectivity index (χ1n) is 14.9. The monoisotopic (exact) mass is 540 g/mol. The Kier molecular flexibility index (Phi) is 10.1. The van der Waals surface area contributed by atoms with Crippen LogP contribution in [0.15, 0.2) is 42.5 Å². The summed E-state index contributed by atoms with van der Waals surface area (Å²) >= 11 is 0. The molecular weight excluding hydrogens is 496 g/mol. The Morgan fingerprint density at radius 1 is 0.875 bits per heavy atom. The van der Waals surface area contributed by atoms with Crippen LogP contribution in [0, 0.1) is 11.3 Å². The second kappa shape index (κ2) is 13.7. The van der Waals surface area contributed by atoms with Crippen molar-refractivity contribution in [1.29, 1.82) is 5.26 Å². The van der Waals surface area contributed by atoms with E-state index in [0.29, 0.717) is 23.7 Å². The third kappa shape index (κ3) is 5.97. The molecule has 1 aliphatic rings. The number of nitriles is 1. The fraction of sp³-hybridized carbons (Fsp3) is 0.486. The van der Waals surface area contributed by atoms with Crippen LogP contribution in [-0.2, 0) is 31.1 Å². The molecule has 1 aliphatic carbocycles. The van der Waals surface area contributed by atoms with E-state index in [4.69, 9.17) is 19.2 Å². The average Bonchev–Trinajstić information content (AvgIpc) is 3.34. The van der Waals surface area contributed by atoms with Gasteiger partial charge in [-0.25, -0.2) is 0 Å². The van der Waals surface area contributed by atoms with Crippen LogP contribution < -0.4 is 14.2 Å². The van der Waals surface area contributed by atoms with Crippen molar-refractivity contribution in [2.75, 3.05) is 21.3 Å². The Morgan fingerprint density at radius 3 is 2.10 bits per heavy atom. The lowest BCUT2D eigenvalue weighted by Gasteiger charge is -2.25. The van der Waals surface area contributed by atoms with Gasteiger partial charge in [0, 0.05) is 5.69 Å². The Balaban J connectivity index is 1.89. The molecule has 0 fully saturated rings. The lowest BCUT2D eigenvalue weighted by atomic mass is 9.79. The van der Waals surface area contributed by atoms with Gasteiger partial charge in [0.25, 0.3) is 0 Å². The minimum absolute atomic E-state index is 0.540. The zero-order chi connectivity index (χ0) is 28.5. The SMILES string of the molecule is CCCCCc1nc2c(c(-c3ccccc3)c1CCCCC)CCC2(C#N)Cc1cc(OC)c(OC)c(OC)c1. The number of nitrogens with zero attached hydrogens (tertiary/aromatic N) is 2. The standard InChI is InChI=1S/C35H44N2O3/c1-6-8-11-17-27-29(18-12-9-7-2)37-34-28(32(27)26-15-13-10-14-16-26)19-20-35(34,24-36)23-25-21-30(38-3)33(40-5)31(22-25)39-4/h10,13-16,21-22H,6-9,11-12,17-20,23H2,1-5H3. The van der Waals surface area contributed by atoms with Crippen LogP contribution in [0.25, 0.3) is 11.1 Å². The van der Waals surface area contributed by atoms with Gasteiger partial charge in [0.2, 0.25) is 5.75 Å². The predicted molar refractivity (Wildman–Crippen MR) is 162 cm³/mol. The normalized spacial score (nSPS) is 15.9. The number of fused-ring (bicyclic) bond motifs is 1. The molecular formula is C35H44N2O3. The topological polar surface area (TPSA) is 64.4 Å².